The lowest BCUT2D eigenvalue weighted by molar-refractivity contribution is 0.410. The summed E-state index contributed by atoms with van der Waals surface area (Å²) in [7, 11) is 1.71. The largest absolute Gasteiger partial charge is 0.496 e. The number of halogens is 1. The maximum absolute atomic E-state index is 5.59. The van der Waals surface area contributed by atoms with Gasteiger partial charge in [0.05, 0.1) is 7.11 Å². The van der Waals surface area contributed by atoms with Crippen LogP contribution in [0.1, 0.15) is 17.5 Å². The molecule has 0 spiro atoms. The molecule has 0 radical (unpaired) electrons. The smallest absolute Gasteiger partial charge is 0.124 e. The molecule has 0 bridgehead atoms. The van der Waals surface area contributed by atoms with Gasteiger partial charge in [0.1, 0.15) is 5.75 Å². The maximum atomic E-state index is 5.59. The molecule has 2 rings (SSSR count). The Morgan fingerprint density at radius 1 is 1.47 bits per heavy atom. The van der Waals surface area contributed by atoms with Crippen molar-refractivity contribution in [3.63, 3.8) is 0 Å². The number of benzene rings is 1. The Morgan fingerprint density at radius 3 is 2.93 bits per heavy atom. The summed E-state index contributed by atoms with van der Waals surface area (Å²) in [6, 6.07) is 4.16. The zero-order valence-electron chi connectivity index (χ0n) is 8.72. The van der Waals surface area contributed by atoms with Crippen LogP contribution in [0.4, 0.5) is 0 Å². The number of allylic oxidation sites excluding steroid dienone is 1. The first kappa shape index (κ1) is 10.7. The van der Waals surface area contributed by atoms with Gasteiger partial charge in [-0.25, -0.2) is 0 Å². The van der Waals surface area contributed by atoms with Gasteiger partial charge in [-0.05, 0) is 42.7 Å². The number of methoxy groups -OCH3 is 1. The lowest BCUT2D eigenvalue weighted by Crippen LogP contribution is -1.99. The Bertz CT molecular complexity index is 412. The van der Waals surface area contributed by atoms with Crippen LogP contribution in [0.2, 0.25) is 0 Å². The fraction of sp³-hybridized carbons (Fsp3) is 0.333. The second-order valence-electron chi connectivity index (χ2n) is 3.61. The average Bonchev–Trinajstić information content (AvgIpc) is 2.61. The van der Waals surface area contributed by atoms with Gasteiger partial charge in [-0.2, -0.15) is 0 Å². The highest BCUT2D eigenvalue weighted by molar-refractivity contribution is 9.10. The predicted octanol–water partition coefficient (Wildman–Crippen LogP) is 2.75. The summed E-state index contributed by atoms with van der Waals surface area (Å²) in [4.78, 5) is 0. The Balaban J connectivity index is 2.44. The summed E-state index contributed by atoms with van der Waals surface area (Å²) < 4.78 is 6.43. The molecule has 1 aliphatic carbocycles. The summed E-state index contributed by atoms with van der Waals surface area (Å²) in [5.74, 6) is 0.961. The number of fused-ring (bicyclic) bond motifs is 1. The van der Waals surface area contributed by atoms with E-state index in [0.717, 1.165) is 23.1 Å². The Labute approximate surface area is 98.2 Å². The minimum absolute atomic E-state index is 0.695. The van der Waals surface area contributed by atoms with Gasteiger partial charge >= 0.3 is 0 Å². The first-order valence-electron chi connectivity index (χ1n) is 5.02. The van der Waals surface area contributed by atoms with Gasteiger partial charge in [-0.3, -0.25) is 0 Å². The minimum Gasteiger partial charge on any atom is -0.496 e. The van der Waals surface area contributed by atoms with E-state index in [1.807, 2.05) is 6.07 Å². The van der Waals surface area contributed by atoms with Crippen molar-refractivity contribution in [2.75, 3.05) is 13.7 Å². The normalized spacial score (nSPS) is 13.7. The molecule has 0 aromatic heterocycles. The zero-order chi connectivity index (χ0) is 10.8. The molecule has 15 heavy (non-hydrogen) atoms. The van der Waals surface area contributed by atoms with Crippen molar-refractivity contribution in [2.45, 2.75) is 12.8 Å². The first-order chi connectivity index (χ1) is 7.26. The van der Waals surface area contributed by atoms with E-state index in [0.29, 0.717) is 6.54 Å². The Kier molecular flexibility index (Phi) is 3.12. The van der Waals surface area contributed by atoms with E-state index in [4.69, 9.17) is 10.5 Å². The van der Waals surface area contributed by atoms with Gasteiger partial charge in [0.2, 0.25) is 0 Å². The third kappa shape index (κ3) is 1.94. The van der Waals surface area contributed by atoms with Gasteiger partial charge < -0.3 is 10.5 Å². The molecule has 2 nitrogen and oxygen atoms in total. The molecule has 0 atom stereocenters. The lowest BCUT2D eigenvalue weighted by atomic mass is 10.0. The molecular weight excluding hydrogens is 254 g/mol. The molecule has 0 saturated heterocycles. The second kappa shape index (κ2) is 4.37. The Hall–Kier alpha value is -0.800. The third-order valence-electron chi connectivity index (χ3n) is 2.71. The van der Waals surface area contributed by atoms with E-state index < -0.39 is 0 Å². The summed E-state index contributed by atoms with van der Waals surface area (Å²) in [6.07, 6.45) is 4.14. The number of rotatable bonds is 3. The average molecular weight is 268 g/mol. The Morgan fingerprint density at radius 2 is 2.27 bits per heavy atom. The molecular formula is C12H14BrNO. The number of nitrogens with two attached hydrogens (primary N) is 1. The van der Waals surface area contributed by atoms with Crippen LogP contribution in [0.5, 0.6) is 5.75 Å². The molecule has 3 heteroatoms. The van der Waals surface area contributed by atoms with Crippen molar-refractivity contribution >= 4 is 21.5 Å². The fourth-order valence-corrected chi connectivity index (χ4v) is 2.46. The van der Waals surface area contributed by atoms with Crippen molar-refractivity contribution in [3.8, 4) is 5.75 Å². The summed E-state index contributed by atoms with van der Waals surface area (Å²) in [5, 5.41) is 0. The lowest BCUT2D eigenvalue weighted by Gasteiger charge is -2.10. The van der Waals surface area contributed by atoms with Crippen LogP contribution < -0.4 is 10.5 Å². The fourth-order valence-electron chi connectivity index (χ4n) is 2.02. The van der Waals surface area contributed by atoms with E-state index in [9.17, 15) is 0 Å². The summed E-state index contributed by atoms with van der Waals surface area (Å²) in [6.45, 7) is 0.695. The monoisotopic (exact) mass is 267 g/mol. The molecule has 1 aromatic rings. The highest BCUT2D eigenvalue weighted by atomic mass is 79.9. The van der Waals surface area contributed by atoms with Crippen LogP contribution in [0.3, 0.4) is 0 Å². The van der Waals surface area contributed by atoms with Crippen LogP contribution in [0, 0.1) is 0 Å². The van der Waals surface area contributed by atoms with Gasteiger partial charge in [-0.1, -0.05) is 22.0 Å². The third-order valence-corrected chi connectivity index (χ3v) is 3.16. The molecule has 0 amide bonds. The number of hydrogen-bond donors (Lipinski definition) is 1. The molecule has 0 heterocycles. The quantitative estimate of drug-likeness (QED) is 0.914. The van der Waals surface area contributed by atoms with Crippen LogP contribution in [-0.4, -0.2) is 13.7 Å². The van der Waals surface area contributed by atoms with E-state index in [2.05, 4.69) is 28.1 Å². The van der Waals surface area contributed by atoms with Crippen LogP contribution >= 0.6 is 15.9 Å². The van der Waals surface area contributed by atoms with Crippen molar-refractivity contribution in [1.29, 1.82) is 0 Å². The molecule has 80 valence electrons. The maximum Gasteiger partial charge on any atom is 0.124 e. The molecule has 0 fully saturated rings. The minimum atomic E-state index is 0.695. The van der Waals surface area contributed by atoms with E-state index in [1.165, 1.54) is 16.7 Å². The first-order valence-corrected chi connectivity index (χ1v) is 5.81. The molecule has 2 N–H and O–H groups in total. The van der Waals surface area contributed by atoms with Crippen molar-refractivity contribution in [3.05, 3.63) is 33.8 Å². The van der Waals surface area contributed by atoms with Crippen LogP contribution in [-0.2, 0) is 6.42 Å². The summed E-state index contributed by atoms with van der Waals surface area (Å²) in [5.41, 5.74) is 9.50. The van der Waals surface area contributed by atoms with Crippen molar-refractivity contribution < 1.29 is 4.74 Å². The molecule has 1 aliphatic rings. The zero-order valence-corrected chi connectivity index (χ0v) is 10.3. The molecule has 0 aliphatic heterocycles. The van der Waals surface area contributed by atoms with E-state index >= 15 is 0 Å². The SMILES string of the molecule is COc1cc(Br)cc2c1CC=C2CCN. The number of hydrogen-bond acceptors (Lipinski definition) is 2. The highest BCUT2D eigenvalue weighted by Crippen LogP contribution is 2.37. The molecule has 0 saturated carbocycles. The standard InChI is InChI=1S/C12H14BrNO/c1-15-12-7-9(13)6-11-8(4-5-14)2-3-10(11)12/h2,6-7H,3-5,14H2,1H3. The van der Waals surface area contributed by atoms with Crippen molar-refractivity contribution in [1.82, 2.24) is 0 Å². The van der Waals surface area contributed by atoms with Gasteiger partial charge in [0, 0.05) is 10.0 Å². The predicted molar refractivity (Wildman–Crippen MR) is 66.0 cm³/mol. The topological polar surface area (TPSA) is 35.2 Å². The highest BCUT2D eigenvalue weighted by Gasteiger charge is 2.18. The van der Waals surface area contributed by atoms with Gasteiger partial charge in [0.15, 0.2) is 0 Å². The van der Waals surface area contributed by atoms with E-state index in [-0.39, 0.29) is 0 Å². The van der Waals surface area contributed by atoms with Crippen molar-refractivity contribution in [2.24, 2.45) is 5.73 Å². The molecule has 0 unspecified atom stereocenters. The van der Waals surface area contributed by atoms with Crippen LogP contribution in [0.15, 0.2) is 22.7 Å². The summed E-state index contributed by atoms with van der Waals surface area (Å²) >= 11 is 3.50. The van der Waals surface area contributed by atoms with Gasteiger partial charge in [0.25, 0.3) is 0 Å². The number of ether oxygens (including phenoxy) is 1. The second-order valence-corrected chi connectivity index (χ2v) is 4.52. The van der Waals surface area contributed by atoms with Gasteiger partial charge in [-0.15, -0.1) is 0 Å². The molecule has 1 aromatic carbocycles. The van der Waals surface area contributed by atoms with E-state index in [1.54, 1.807) is 7.11 Å². The van der Waals surface area contributed by atoms with Crippen LogP contribution in [0.25, 0.3) is 5.57 Å².